The number of aryl methyl sites for hydroxylation is 1. The van der Waals surface area contributed by atoms with Crippen molar-refractivity contribution in [2.45, 2.75) is 52.6 Å². The SMILES string of the molecule is CC(C)(C)OC=O.Cc1cc(-c2cc(C#N)ccn2)n2ncnc(N3CCCCC3)c12. The summed E-state index contributed by atoms with van der Waals surface area (Å²) in [7, 11) is 0. The van der Waals surface area contributed by atoms with Gasteiger partial charge in [-0.1, -0.05) is 0 Å². The smallest absolute Gasteiger partial charge is 0.293 e. The van der Waals surface area contributed by atoms with Gasteiger partial charge in [-0.2, -0.15) is 10.4 Å². The highest BCUT2D eigenvalue weighted by Gasteiger charge is 2.20. The molecule has 0 bridgehead atoms. The van der Waals surface area contributed by atoms with Gasteiger partial charge in [0.05, 0.1) is 23.0 Å². The fourth-order valence-corrected chi connectivity index (χ4v) is 3.51. The Kier molecular flexibility index (Phi) is 6.85. The van der Waals surface area contributed by atoms with Crippen LogP contribution in [-0.2, 0) is 9.53 Å². The van der Waals surface area contributed by atoms with E-state index in [4.69, 9.17) is 5.26 Å². The van der Waals surface area contributed by atoms with Crippen LogP contribution in [0, 0.1) is 18.3 Å². The summed E-state index contributed by atoms with van der Waals surface area (Å²) in [6.45, 7) is 10.1. The van der Waals surface area contributed by atoms with Crippen molar-refractivity contribution in [3.8, 4) is 17.5 Å². The van der Waals surface area contributed by atoms with Gasteiger partial charge in [-0.15, -0.1) is 0 Å². The Morgan fingerprint density at radius 2 is 1.90 bits per heavy atom. The second-order valence-electron chi connectivity index (χ2n) is 8.47. The Labute approximate surface area is 182 Å². The van der Waals surface area contributed by atoms with Gasteiger partial charge in [-0.3, -0.25) is 9.78 Å². The summed E-state index contributed by atoms with van der Waals surface area (Å²) in [5, 5.41) is 13.6. The number of nitriles is 1. The topological polar surface area (TPSA) is 96.4 Å². The van der Waals surface area contributed by atoms with Crippen LogP contribution in [0.5, 0.6) is 0 Å². The third-order valence-corrected chi connectivity index (χ3v) is 4.93. The minimum Gasteiger partial charge on any atom is -0.462 e. The lowest BCUT2D eigenvalue weighted by molar-refractivity contribution is -0.138. The summed E-state index contributed by atoms with van der Waals surface area (Å²) in [6.07, 6.45) is 6.96. The number of nitrogens with zero attached hydrogens (tertiary/aromatic N) is 6. The van der Waals surface area contributed by atoms with Crippen molar-refractivity contribution < 1.29 is 9.53 Å². The van der Waals surface area contributed by atoms with Gasteiger partial charge in [0.1, 0.15) is 17.4 Å². The molecule has 4 rings (SSSR count). The van der Waals surface area contributed by atoms with Gasteiger partial charge >= 0.3 is 0 Å². The maximum Gasteiger partial charge on any atom is 0.293 e. The minimum atomic E-state index is -0.318. The number of hydrogen-bond donors (Lipinski definition) is 0. The number of carbonyl (C=O) groups excluding carboxylic acids is 1. The molecular weight excluding hydrogens is 392 g/mol. The fraction of sp³-hybridized carbons (Fsp3) is 0.435. The summed E-state index contributed by atoms with van der Waals surface area (Å²) in [6, 6.07) is 7.74. The molecule has 1 aliphatic heterocycles. The molecule has 0 amide bonds. The molecule has 0 spiro atoms. The zero-order valence-corrected chi connectivity index (χ0v) is 18.5. The maximum absolute atomic E-state index is 9.60. The number of pyridine rings is 1. The highest BCUT2D eigenvalue weighted by molar-refractivity contribution is 5.78. The molecule has 0 aromatic carbocycles. The average molecular weight is 421 g/mol. The highest BCUT2D eigenvalue weighted by atomic mass is 16.5. The molecule has 3 aromatic heterocycles. The molecule has 8 nitrogen and oxygen atoms in total. The molecule has 4 heterocycles. The molecule has 0 atom stereocenters. The molecule has 0 aliphatic carbocycles. The van der Waals surface area contributed by atoms with Crippen LogP contribution in [0.1, 0.15) is 51.2 Å². The molecule has 1 aliphatic rings. The van der Waals surface area contributed by atoms with E-state index in [9.17, 15) is 4.79 Å². The molecule has 1 fully saturated rings. The van der Waals surface area contributed by atoms with Crippen molar-refractivity contribution in [2.24, 2.45) is 0 Å². The zero-order chi connectivity index (χ0) is 22.4. The van der Waals surface area contributed by atoms with Crippen LogP contribution in [0.25, 0.3) is 16.9 Å². The number of rotatable bonds is 3. The van der Waals surface area contributed by atoms with Crippen molar-refractivity contribution in [3.63, 3.8) is 0 Å². The van der Waals surface area contributed by atoms with Gasteiger partial charge in [0.15, 0.2) is 5.82 Å². The maximum atomic E-state index is 9.60. The van der Waals surface area contributed by atoms with Crippen LogP contribution < -0.4 is 4.90 Å². The summed E-state index contributed by atoms with van der Waals surface area (Å²) >= 11 is 0. The first-order chi connectivity index (χ1) is 14.8. The Bertz CT molecular complexity index is 1090. The number of fused-ring (bicyclic) bond motifs is 1. The van der Waals surface area contributed by atoms with Crippen LogP contribution in [0.3, 0.4) is 0 Å². The zero-order valence-electron chi connectivity index (χ0n) is 18.5. The standard InChI is InChI=1S/C18H18N6.C5H10O2/c1-13-9-16(15-10-14(11-19)5-6-20-15)24-17(13)18(21-12-22-24)23-7-3-2-4-8-23;1-5(2,3)7-4-6/h5-6,9-10,12H,2-4,7-8H2,1H3;4H,1-3H3. The molecular formula is C23H28N6O2. The average Bonchev–Trinajstić information content (AvgIpc) is 3.11. The molecule has 0 N–H and O–H groups in total. The Morgan fingerprint density at radius 3 is 2.52 bits per heavy atom. The van der Waals surface area contributed by atoms with E-state index in [1.165, 1.54) is 19.3 Å². The van der Waals surface area contributed by atoms with E-state index in [0.29, 0.717) is 12.0 Å². The number of aromatic nitrogens is 4. The number of hydrogen-bond acceptors (Lipinski definition) is 7. The Morgan fingerprint density at radius 1 is 1.16 bits per heavy atom. The number of ether oxygens (including phenoxy) is 1. The summed E-state index contributed by atoms with van der Waals surface area (Å²) < 4.78 is 6.45. The molecule has 0 saturated carbocycles. The highest BCUT2D eigenvalue weighted by Crippen LogP contribution is 2.30. The van der Waals surface area contributed by atoms with Crippen LogP contribution in [0.15, 0.2) is 30.7 Å². The second-order valence-corrected chi connectivity index (χ2v) is 8.47. The van der Waals surface area contributed by atoms with Crippen LogP contribution in [0.2, 0.25) is 0 Å². The van der Waals surface area contributed by atoms with Gasteiger partial charge in [0.2, 0.25) is 0 Å². The normalized spacial score (nSPS) is 13.8. The van der Waals surface area contributed by atoms with Crippen LogP contribution in [-0.4, -0.2) is 44.7 Å². The van der Waals surface area contributed by atoms with E-state index in [0.717, 1.165) is 41.4 Å². The van der Waals surface area contributed by atoms with Crippen LogP contribution >= 0.6 is 0 Å². The van der Waals surface area contributed by atoms with E-state index in [2.05, 4.69) is 43.8 Å². The van der Waals surface area contributed by atoms with Gasteiger partial charge in [-0.05, 0) is 70.7 Å². The summed E-state index contributed by atoms with van der Waals surface area (Å²) in [5.41, 5.74) is 4.06. The van der Waals surface area contributed by atoms with E-state index in [1.807, 2.05) is 25.3 Å². The predicted octanol–water partition coefficient (Wildman–Crippen LogP) is 3.92. The number of carbonyl (C=O) groups is 1. The predicted molar refractivity (Wildman–Crippen MR) is 119 cm³/mol. The lowest BCUT2D eigenvalue weighted by Gasteiger charge is -2.28. The molecule has 0 unspecified atom stereocenters. The molecule has 0 radical (unpaired) electrons. The van der Waals surface area contributed by atoms with E-state index in [-0.39, 0.29) is 5.60 Å². The van der Waals surface area contributed by atoms with Crippen molar-refractivity contribution in [3.05, 3.63) is 41.9 Å². The first-order valence-electron chi connectivity index (χ1n) is 10.4. The van der Waals surface area contributed by atoms with Gasteiger partial charge in [0.25, 0.3) is 6.47 Å². The third-order valence-electron chi connectivity index (χ3n) is 4.93. The first-order valence-corrected chi connectivity index (χ1v) is 10.4. The summed E-state index contributed by atoms with van der Waals surface area (Å²) in [5.74, 6) is 0.991. The van der Waals surface area contributed by atoms with Crippen molar-refractivity contribution in [2.75, 3.05) is 18.0 Å². The van der Waals surface area contributed by atoms with E-state index in [1.54, 1.807) is 24.7 Å². The summed E-state index contributed by atoms with van der Waals surface area (Å²) in [4.78, 5) is 20.9. The molecule has 1 saturated heterocycles. The monoisotopic (exact) mass is 420 g/mol. The fourth-order valence-electron chi connectivity index (χ4n) is 3.51. The Balaban J connectivity index is 0.000000339. The number of piperidine rings is 1. The van der Waals surface area contributed by atoms with E-state index >= 15 is 0 Å². The van der Waals surface area contributed by atoms with E-state index < -0.39 is 0 Å². The quantitative estimate of drug-likeness (QED) is 0.593. The number of anilines is 1. The van der Waals surface area contributed by atoms with Crippen molar-refractivity contribution in [1.29, 1.82) is 5.26 Å². The molecule has 8 heteroatoms. The molecule has 162 valence electrons. The Hall–Kier alpha value is -3.47. The lowest BCUT2D eigenvalue weighted by atomic mass is 10.1. The lowest BCUT2D eigenvalue weighted by Crippen LogP contribution is -2.30. The van der Waals surface area contributed by atoms with Crippen molar-refractivity contribution >= 4 is 17.8 Å². The van der Waals surface area contributed by atoms with Gasteiger partial charge in [0, 0.05) is 19.3 Å². The van der Waals surface area contributed by atoms with Crippen LogP contribution in [0.4, 0.5) is 5.82 Å². The van der Waals surface area contributed by atoms with Crippen molar-refractivity contribution in [1.82, 2.24) is 19.6 Å². The molecule has 31 heavy (non-hydrogen) atoms. The van der Waals surface area contributed by atoms with Gasteiger partial charge in [-0.25, -0.2) is 9.50 Å². The van der Waals surface area contributed by atoms with Gasteiger partial charge < -0.3 is 9.64 Å². The second kappa shape index (κ2) is 9.56. The largest absolute Gasteiger partial charge is 0.462 e. The molecule has 3 aromatic rings. The first kappa shape index (κ1) is 22.2. The minimum absolute atomic E-state index is 0.318. The third kappa shape index (κ3) is 5.37.